The average molecular weight is 214 g/mol. The first-order valence-electron chi connectivity index (χ1n) is 5.05. The van der Waals surface area contributed by atoms with Gasteiger partial charge in [0.15, 0.2) is 0 Å². The van der Waals surface area contributed by atoms with E-state index in [4.69, 9.17) is 0 Å². The lowest BCUT2D eigenvalue weighted by molar-refractivity contribution is -0.0295. The Morgan fingerprint density at radius 2 is 1.80 bits per heavy atom. The second-order valence-corrected chi connectivity index (χ2v) is 3.85. The van der Waals surface area contributed by atoms with Gasteiger partial charge < -0.3 is 5.11 Å². The first kappa shape index (κ1) is 12.1. The largest absolute Gasteiger partial charge is 0.385 e. The Hall–Kier alpha value is -0.960. The van der Waals surface area contributed by atoms with Crippen LogP contribution in [0.5, 0.6) is 0 Å². The van der Waals surface area contributed by atoms with Crippen LogP contribution in [0.3, 0.4) is 0 Å². The van der Waals surface area contributed by atoms with Gasteiger partial charge in [-0.05, 0) is 18.9 Å². The molecule has 1 aromatic carbocycles. The molecule has 0 bridgehead atoms. The highest BCUT2D eigenvalue weighted by Gasteiger charge is 2.30. The van der Waals surface area contributed by atoms with Crippen LogP contribution in [-0.2, 0) is 5.60 Å². The number of aryl methyl sites for hydroxylation is 1. The number of halogens is 2. The topological polar surface area (TPSA) is 20.2 Å². The van der Waals surface area contributed by atoms with Gasteiger partial charge in [-0.3, -0.25) is 0 Å². The molecule has 0 amide bonds. The van der Waals surface area contributed by atoms with Gasteiger partial charge in [-0.1, -0.05) is 36.8 Å². The highest BCUT2D eigenvalue weighted by Crippen LogP contribution is 2.31. The lowest BCUT2D eigenvalue weighted by Crippen LogP contribution is -2.27. The maximum Gasteiger partial charge on any atom is 0.241 e. The molecule has 1 atom stereocenters. The van der Waals surface area contributed by atoms with Crippen LogP contribution in [-0.4, -0.2) is 11.5 Å². The van der Waals surface area contributed by atoms with Gasteiger partial charge in [-0.25, -0.2) is 8.78 Å². The minimum absolute atomic E-state index is 0.292. The summed E-state index contributed by atoms with van der Waals surface area (Å²) in [4.78, 5) is 0. The van der Waals surface area contributed by atoms with Gasteiger partial charge in [0, 0.05) is 6.42 Å². The van der Waals surface area contributed by atoms with Crippen molar-refractivity contribution in [2.75, 3.05) is 0 Å². The minimum Gasteiger partial charge on any atom is -0.385 e. The summed E-state index contributed by atoms with van der Waals surface area (Å²) in [6, 6.07) is 7.06. The molecular formula is C12H16F2O. The van der Waals surface area contributed by atoms with E-state index in [0.29, 0.717) is 12.0 Å². The van der Waals surface area contributed by atoms with Crippen molar-refractivity contribution in [3.8, 4) is 0 Å². The molecule has 3 heteroatoms. The fraction of sp³-hybridized carbons (Fsp3) is 0.500. The molecule has 0 heterocycles. The summed E-state index contributed by atoms with van der Waals surface area (Å²) in [6.07, 6.45) is -2.70. The van der Waals surface area contributed by atoms with Gasteiger partial charge in [0.25, 0.3) is 0 Å². The molecule has 15 heavy (non-hydrogen) atoms. The highest BCUT2D eigenvalue weighted by atomic mass is 19.3. The number of hydrogen-bond acceptors (Lipinski definition) is 1. The minimum atomic E-state index is -2.49. The van der Waals surface area contributed by atoms with Crippen LogP contribution >= 0.6 is 0 Å². The first-order chi connectivity index (χ1) is 6.98. The molecule has 0 aliphatic rings. The van der Waals surface area contributed by atoms with Crippen LogP contribution < -0.4 is 0 Å². The van der Waals surface area contributed by atoms with Gasteiger partial charge in [0.1, 0.15) is 0 Å². The molecular weight excluding hydrogens is 198 g/mol. The summed E-state index contributed by atoms with van der Waals surface area (Å²) < 4.78 is 24.6. The Balaban J connectivity index is 2.95. The van der Waals surface area contributed by atoms with Crippen molar-refractivity contribution < 1.29 is 13.9 Å². The van der Waals surface area contributed by atoms with Gasteiger partial charge in [0.05, 0.1) is 5.60 Å². The maximum absolute atomic E-state index is 12.3. The summed E-state index contributed by atoms with van der Waals surface area (Å²) in [5, 5.41) is 10.1. The Kier molecular flexibility index (Phi) is 3.80. The zero-order valence-electron chi connectivity index (χ0n) is 9.00. The predicted molar refractivity (Wildman–Crippen MR) is 56.0 cm³/mol. The smallest absolute Gasteiger partial charge is 0.241 e. The molecule has 0 saturated carbocycles. The molecule has 0 aromatic heterocycles. The Morgan fingerprint density at radius 1 is 1.27 bits per heavy atom. The average Bonchev–Trinajstić information content (AvgIpc) is 2.17. The lowest BCUT2D eigenvalue weighted by Gasteiger charge is -2.27. The fourth-order valence-electron chi connectivity index (χ4n) is 1.59. The molecule has 0 aliphatic carbocycles. The predicted octanol–water partition coefficient (Wildman–Crippen LogP) is 3.25. The second-order valence-electron chi connectivity index (χ2n) is 3.85. The van der Waals surface area contributed by atoms with Crippen LogP contribution in [0.15, 0.2) is 24.3 Å². The molecule has 0 aliphatic heterocycles. The second kappa shape index (κ2) is 4.71. The van der Waals surface area contributed by atoms with Crippen molar-refractivity contribution >= 4 is 0 Å². The van der Waals surface area contributed by atoms with Gasteiger partial charge in [-0.15, -0.1) is 0 Å². The van der Waals surface area contributed by atoms with E-state index in [9.17, 15) is 13.9 Å². The quantitative estimate of drug-likeness (QED) is 0.815. The van der Waals surface area contributed by atoms with Crippen LogP contribution in [0.1, 0.15) is 30.9 Å². The standard InChI is InChI=1S/C12H16F2O/c1-3-12(15,8-11(13)14)10-6-4-9(2)5-7-10/h4-7,11,15H,3,8H2,1-2H3. The molecule has 1 aromatic rings. The van der Waals surface area contributed by atoms with Crippen molar-refractivity contribution in [3.63, 3.8) is 0 Å². The summed E-state index contributed by atoms with van der Waals surface area (Å²) >= 11 is 0. The molecule has 1 nitrogen and oxygen atoms in total. The highest BCUT2D eigenvalue weighted by molar-refractivity contribution is 5.26. The van der Waals surface area contributed by atoms with E-state index >= 15 is 0 Å². The summed E-state index contributed by atoms with van der Waals surface area (Å²) in [6.45, 7) is 3.63. The van der Waals surface area contributed by atoms with Gasteiger partial charge in [-0.2, -0.15) is 0 Å². The van der Waals surface area contributed by atoms with Crippen LogP contribution in [0.4, 0.5) is 8.78 Å². The maximum atomic E-state index is 12.3. The third-order valence-electron chi connectivity index (χ3n) is 2.67. The number of rotatable bonds is 4. The van der Waals surface area contributed by atoms with E-state index in [1.165, 1.54) is 0 Å². The molecule has 0 spiro atoms. The molecule has 0 fully saturated rings. The first-order valence-corrected chi connectivity index (χ1v) is 5.05. The Labute approximate surface area is 88.7 Å². The third-order valence-corrected chi connectivity index (χ3v) is 2.67. The van der Waals surface area contributed by atoms with Crippen molar-refractivity contribution in [2.24, 2.45) is 0 Å². The molecule has 0 radical (unpaired) electrons. The monoisotopic (exact) mass is 214 g/mol. The molecule has 1 unspecified atom stereocenters. The zero-order valence-corrected chi connectivity index (χ0v) is 9.00. The molecule has 1 rings (SSSR count). The molecule has 84 valence electrons. The Bertz CT molecular complexity index is 308. The van der Waals surface area contributed by atoms with Crippen LogP contribution in [0.25, 0.3) is 0 Å². The number of alkyl halides is 2. The number of hydrogen-bond donors (Lipinski definition) is 1. The zero-order chi connectivity index (χ0) is 11.5. The summed E-state index contributed by atoms with van der Waals surface area (Å²) in [5.41, 5.74) is 0.215. The summed E-state index contributed by atoms with van der Waals surface area (Å²) in [7, 11) is 0. The Morgan fingerprint density at radius 3 is 2.20 bits per heavy atom. The van der Waals surface area contributed by atoms with Crippen molar-refractivity contribution in [3.05, 3.63) is 35.4 Å². The van der Waals surface area contributed by atoms with E-state index in [2.05, 4.69) is 0 Å². The fourth-order valence-corrected chi connectivity index (χ4v) is 1.59. The van der Waals surface area contributed by atoms with Gasteiger partial charge >= 0.3 is 0 Å². The van der Waals surface area contributed by atoms with E-state index in [1.807, 2.05) is 19.1 Å². The van der Waals surface area contributed by atoms with Crippen molar-refractivity contribution in [1.29, 1.82) is 0 Å². The van der Waals surface area contributed by atoms with Crippen molar-refractivity contribution in [1.82, 2.24) is 0 Å². The molecule has 0 saturated heterocycles. The van der Waals surface area contributed by atoms with E-state index < -0.39 is 18.4 Å². The SMILES string of the molecule is CCC(O)(CC(F)F)c1ccc(C)cc1. The van der Waals surface area contributed by atoms with E-state index in [1.54, 1.807) is 19.1 Å². The van der Waals surface area contributed by atoms with E-state index in [-0.39, 0.29) is 0 Å². The van der Waals surface area contributed by atoms with Crippen molar-refractivity contribution in [2.45, 2.75) is 38.7 Å². The number of aliphatic hydroxyl groups is 1. The van der Waals surface area contributed by atoms with Crippen LogP contribution in [0.2, 0.25) is 0 Å². The normalized spacial score (nSPS) is 15.3. The molecule has 1 N–H and O–H groups in total. The van der Waals surface area contributed by atoms with E-state index in [0.717, 1.165) is 5.56 Å². The van der Waals surface area contributed by atoms with Gasteiger partial charge in [0.2, 0.25) is 6.43 Å². The third kappa shape index (κ3) is 2.99. The number of benzene rings is 1. The lowest BCUT2D eigenvalue weighted by atomic mass is 9.88. The summed E-state index contributed by atoms with van der Waals surface area (Å²) in [5.74, 6) is 0. The van der Waals surface area contributed by atoms with Crippen LogP contribution in [0, 0.1) is 6.92 Å².